The standard InChI is InChI=1S/C11H8BrFN2/c1-11(7-15,4-5-14)9-6-8(12)2-3-10(9)13/h2-3,6H,4H2,1H3. The number of nitrogens with zero attached hydrogens (tertiary/aromatic N) is 2. The minimum atomic E-state index is -1.09. The van der Waals surface area contributed by atoms with Crippen molar-refractivity contribution in [3.63, 3.8) is 0 Å². The number of benzene rings is 1. The first-order valence-electron chi connectivity index (χ1n) is 4.27. The maximum absolute atomic E-state index is 13.5. The molecule has 1 aromatic carbocycles. The molecular weight excluding hydrogens is 259 g/mol. The van der Waals surface area contributed by atoms with Gasteiger partial charge in [-0.3, -0.25) is 0 Å². The van der Waals surface area contributed by atoms with Gasteiger partial charge in [0.15, 0.2) is 0 Å². The Balaban J connectivity index is 3.31. The fraction of sp³-hybridized carbons (Fsp3) is 0.273. The first-order valence-corrected chi connectivity index (χ1v) is 5.06. The van der Waals surface area contributed by atoms with Gasteiger partial charge in [-0.1, -0.05) is 15.9 Å². The zero-order valence-corrected chi connectivity index (χ0v) is 9.68. The van der Waals surface area contributed by atoms with Crippen LogP contribution in [0.4, 0.5) is 4.39 Å². The molecule has 0 N–H and O–H groups in total. The molecule has 0 heterocycles. The van der Waals surface area contributed by atoms with E-state index in [0.29, 0.717) is 4.47 Å². The summed E-state index contributed by atoms with van der Waals surface area (Å²) in [4.78, 5) is 0. The summed E-state index contributed by atoms with van der Waals surface area (Å²) in [5.74, 6) is -0.461. The van der Waals surface area contributed by atoms with Gasteiger partial charge in [0, 0.05) is 10.0 Å². The molecular formula is C11H8BrFN2. The van der Waals surface area contributed by atoms with E-state index in [0.717, 1.165) is 0 Å². The summed E-state index contributed by atoms with van der Waals surface area (Å²) in [6.07, 6.45) is -0.0309. The molecule has 0 amide bonds. The Morgan fingerprint density at radius 2 is 2.13 bits per heavy atom. The van der Waals surface area contributed by atoms with Crippen LogP contribution in [0.15, 0.2) is 22.7 Å². The van der Waals surface area contributed by atoms with Gasteiger partial charge in [-0.25, -0.2) is 4.39 Å². The van der Waals surface area contributed by atoms with E-state index in [2.05, 4.69) is 15.9 Å². The van der Waals surface area contributed by atoms with Crippen LogP contribution in [0.5, 0.6) is 0 Å². The van der Waals surface area contributed by atoms with Gasteiger partial charge in [-0.2, -0.15) is 10.5 Å². The number of rotatable bonds is 2. The molecule has 1 aromatic rings. The lowest BCUT2D eigenvalue weighted by Crippen LogP contribution is -2.20. The topological polar surface area (TPSA) is 47.6 Å². The number of nitriles is 2. The van der Waals surface area contributed by atoms with Crippen LogP contribution >= 0.6 is 15.9 Å². The molecule has 0 aliphatic heterocycles. The van der Waals surface area contributed by atoms with Crippen LogP contribution in [0, 0.1) is 28.5 Å². The fourth-order valence-electron chi connectivity index (χ4n) is 1.27. The summed E-state index contributed by atoms with van der Waals surface area (Å²) in [5, 5.41) is 17.6. The van der Waals surface area contributed by atoms with Crippen LogP contribution in [0.1, 0.15) is 18.9 Å². The van der Waals surface area contributed by atoms with Gasteiger partial charge in [0.1, 0.15) is 5.82 Å². The van der Waals surface area contributed by atoms with E-state index in [1.54, 1.807) is 13.0 Å². The first kappa shape index (κ1) is 11.7. The van der Waals surface area contributed by atoms with Gasteiger partial charge in [0.05, 0.1) is 24.0 Å². The number of hydrogen-bond acceptors (Lipinski definition) is 2. The molecule has 1 atom stereocenters. The second-order valence-electron chi connectivity index (χ2n) is 3.40. The maximum atomic E-state index is 13.5. The van der Waals surface area contributed by atoms with Crippen molar-refractivity contribution in [1.29, 1.82) is 10.5 Å². The van der Waals surface area contributed by atoms with Crippen molar-refractivity contribution in [3.8, 4) is 12.1 Å². The number of halogens is 2. The van der Waals surface area contributed by atoms with E-state index in [1.165, 1.54) is 12.1 Å². The highest BCUT2D eigenvalue weighted by Gasteiger charge is 2.29. The van der Waals surface area contributed by atoms with Crippen LogP contribution in [-0.4, -0.2) is 0 Å². The normalized spacial score (nSPS) is 13.7. The molecule has 0 saturated heterocycles. The van der Waals surface area contributed by atoms with Gasteiger partial charge in [-0.15, -0.1) is 0 Å². The van der Waals surface area contributed by atoms with Crippen LogP contribution in [-0.2, 0) is 5.41 Å². The van der Waals surface area contributed by atoms with Crippen molar-refractivity contribution in [1.82, 2.24) is 0 Å². The zero-order valence-electron chi connectivity index (χ0n) is 8.09. The lowest BCUT2D eigenvalue weighted by Gasteiger charge is -2.19. The van der Waals surface area contributed by atoms with E-state index in [-0.39, 0.29) is 12.0 Å². The molecule has 76 valence electrons. The third-order valence-electron chi connectivity index (χ3n) is 2.20. The summed E-state index contributed by atoms with van der Waals surface area (Å²) in [6.45, 7) is 1.56. The summed E-state index contributed by atoms with van der Waals surface area (Å²) in [6, 6.07) is 8.26. The zero-order chi connectivity index (χ0) is 11.5. The largest absolute Gasteiger partial charge is 0.207 e. The Bertz CT molecular complexity index is 459. The van der Waals surface area contributed by atoms with Crippen molar-refractivity contribution in [3.05, 3.63) is 34.1 Å². The molecule has 0 fully saturated rings. The predicted molar refractivity (Wildman–Crippen MR) is 57.3 cm³/mol. The van der Waals surface area contributed by atoms with Gasteiger partial charge in [-0.05, 0) is 25.1 Å². The summed E-state index contributed by atoms with van der Waals surface area (Å²) < 4.78 is 14.2. The third kappa shape index (κ3) is 2.34. The average molecular weight is 267 g/mol. The van der Waals surface area contributed by atoms with Crippen molar-refractivity contribution < 1.29 is 4.39 Å². The highest BCUT2D eigenvalue weighted by atomic mass is 79.9. The van der Waals surface area contributed by atoms with Crippen molar-refractivity contribution >= 4 is 15.9 Å². The lowest BCUT2D eigenvalue weighted by atomic mass is 9.81. The van der Waals surface area contributed by atoms with Crippen molar-refractivity contribution in [2.24, 2.45) is 0 Å². The minimum absolute atomic E-state index is 0.0309. The lowest BCUT2D eigenvalue weighted by molar-refractivity contribution is 0.543. The molecule has 0 saturated carbocycles. The highest BCUT2D eigenvalue weighted by molar-refractivity contribution is 9.10. The quantitative estimate of drug-likeness (QED) is 0.825. The Morgan fingerprint density at radius 1 is 1.47 bits per heavy atom. The van der Waals surface area contributed by atoms with Gasteiger partial charge in [0.25, 0.3) is 0 Å². The van der Waals surface area contributed by atoms with Gasteiger partial charge in [0.2, 0.25) is 0 Å². The maximum Gasteiger partial charge on any atom is 0.128 e. The van der Waals surface area contributed by atoms with E-state index >= 15 is 0 Å². The van der Waals surface area contributed by atoms with Crippen LogP contribution in [0.2, 0.25) is 0 Å². The summed E-state index contributed by atoms with van der Waals surface area (Å²) in [7, 11) is 0. The predicted octanol–water partition coefficient (Wildman–Crippen LogP) is 3.28. The third-order valence-corrected chi connectivity index (χ3v) is 2.70. The fourth-order valence-corrected chi connectivity index (χ4v) is 1.63. The second-order valence-corrected chi connectivity index (χ2v) is 4.32. The summed E-state index contributed by atoms with van der Waals surface area (Å²) >= 11 is 3.21. The molecule has 0 bridgehead atoms. The van der Waals surface area contributed by atoms with Gasteiger partial charge >= 0.3 is 0 Å². The van der Waals surface area contributed by atoms with Crippen LogP contribution in [0.3, 0.4) is 0 Å². The van der Waals surface area contributed by atoms with Crippen LogP contribution < -0.4 is 0 Å². The molecule has 0 aliphatic carbocycles. The summed E-state index contributed by atoms with van der Waals surface area (Å²) in [5.41, 5.74) is -0.844. The molecule has 0 aliphatic rings. The van der Waals surface area contributed by atoms with Crippen molar-refractivity contribution in [2.75, 3.05) is 0 Å². The average Bonchev–Trinajstić information content (AvgIpc) is 2.22. The molecule has 1 unspecified atom stereocenters. The monoisotopic (exact) mass is 266 g/mol. The van der Waals surface area contributed by atoms with E-state index in [1.807, 2.05) is 12.1 Å². The SMILES string of the molecule is CC(C#N)(CC#N)c1cc(Br)ccc1F. The molecule has 4 heteroatoms. The molecule has 1 rings (SSSR count). The molecule has 2 nitrogen and oxygen atoms in total. The second kappa shape index (κ2) is 4.42. The Hall–Kier alpha value is -1.39. The highest BCUT2D eigenvalue weighted by Crippen LogP contribution is 2.30. The van der Waals surface area contributed by atoms with Crippen LogP contribution in [0.25, 0.3) is 0 Å². The van der Waals surface area contributed by atoms with E-state index in [4.69, 9.17) is 10.5 Å². The molecule has 0 aromatic heterocycles. The van der Waals surface area contributed by atoms with Crippen molar-refractivity contribution in [2.45, 2.75) is 18.8 Å². The minimum Gasteiger partial charge on any atom is -0.207 e. The molecule has 15 heavy (non-hydrogen) atoms. The Morgan fingerprint density at radius 3 is 2.67 bits per heavy atom. The Kier molecular flexibility index (Phi) is 3.44. The van der Waals surface area contributed by atoms with E-state index < -0.39 is 11.2 Å². The number of hydrogen-bond donors (Lipinski definition) is 0. The van der Waals surface area contributed by atoms with E-state index in [9.17, 15) is 4.39 Å². The first-order chi connectivity index (χ1) is 7.03. The van der Waals surface area contributed by atoms with Gasteiger partial charge < -0.3 is 0 Å². The molecule has 0 spiro atoms. The Labute approximate surface area is 96.1 Å². The molecule has 0 radical (unpaired) electrons. The smallest absolute Gasteiger partial charge is 0.128 e.